The van der Waals surface area contributed by atoms with Crippen LogP contribution in [0.4, 0.5) is 0 Å². The molecule has 2 aromatic rings. The molecule has 1 saturated heterocycles. The maximum absolute atomic E-state index is 13.5. The molecule has 0 amide bonds. The van der Waals surface area contributed by atoms with Crippen molar-refractivity contribution in [3.8, 4) is 0 Å². The Morgan fingerprint density at radius 1 is 0.962 bits per heavy atom. The summed E-state index contributed by atoms with van der Waals surface area (Å²) in [6, 6.07) is 16.2. The Morgan fingerprint density at radius 2 is 1.69 bits per heavy atom. The fraction of sp³-hybridized carbons (Fsp3) is 0.429. The molecule has 4 rings (SSSR count). The van der Waals surface area contributed by atoms with Gasteiger partial charge in [-0.1, -0.05) is 48.0 Å². The number of sulfonamides is 1. The van der Waals surface area contributed by atoms with Crippen molar-refractivity contribution >= 4 is 10.0 Å². The minimum absolute atomic E-state index is 0.128. The van der Waals surface area contributed by atoms with Gasteiger partial charge in [0.25, 0.3) is 0 Å². The van der Waals surface area contributed by atoms with E-state index in [1.807, 2.05) is 56.3 Å². The molecule has 0 radical (unpaired) electrons. The average molecular weight is 371 g/mol. The molecule has 1 unspecified atom stereocenters. The molecule has 1 atom stereocenters. The highest BCUT2D eigenvalue weighted by molar-refractivity contribution is 7.89. The van der Waals surface area contributed by atoms with Crippen LogP contribution in [0.2, 0.25) is 0 Å². The standard InChI is InChI=1S/C21H26N2O2S/c1-16-8-11-21(17(2)14-16)26(24,25)23-13-12-22(19-9-10-19)15-20(23)18-6-4-3-5-7-18/h3-8,11,14,19-20H,9-10,12-13,15H2,1-2H3. The third kappa shape index (κ3) is 3.31. The van der Waals surface area contributed by atoms with E-state index in [-0.39, 0.29) is 6.04 Å². The van der Waals surface area contributed by atoms with Crippen LogP contribution in [0.3, 0.4) is 0 Å². The van der Waals surface area contributed by atoms with E-state index >= 15 is 0 Å². The Balaban J connectivity index is 1.72. The van der Waals surface area contributed by atoms with E-state index in [1.54, 1.807) is 10.4 Å². The Kier molecular flexibility index (Phi) is 4.63. The van der Waals surface area contributed by atoms with Gasteiger partial charge >= 0.3 is 0 Å². The van der Waals surface area contributed by atoms with Crippen molar-refractivity contribution < 1.29 is 8.42 Å². The SMILES string of the molecule is Cc1ccc(S(=O)(=O)N2CCN(C3CC3)CC2c2ccccc2)c(C)c1. The van der Waals surface area contributed by atoms with Crippen LogP contribution in [0.5, 0.6) is 0 Å². The second-order valence-electron chi connectivity index (χ2n) is 7.54. The summed E-state index contributed by atoms with van der Waals surface area (Å²) in [6.07, 6.45) is 2.48. The van der Waals surface area contributed by atoms with E-state index in [0.717, 1.165) is 29.8 Å². The Hall–Kier alpha value is -1.69. The van der Waals surface area contributed by atoms with Crippen molar-refractivity contribution in [1.82, 2.24) is 9.21 Å². The van der Waals surface area contributed by atoms with Crippen molar-refractivity contribution in [2.24, 2.45) is 0 Å². The lowest BCUT2D eigenvalue weighted by Gasteiger charge is -2.41. The van der Waals surface area contributed by atoms with Gasteiger partial charge in [0, 0.05) is 25.7 Å². The number of piperazine rings is 1. The number of hydrogen-bond acceptors (Lipinski definition) is 3. The summed E-state index contributed by atoms with van der Waals surface area (Å²) in [5, 5.41) is 0. The van der Waals surface area contributed by atoms with Crippen LogP contribution in [0.25, 0.3) is 0 Å². The monoisotopic (exact) mass is 370 g/mol. The summed E-state index contributed by atoms with van der Waals surface area (Å²) in [6.45, 7) is 6.02. The molecule has 26 heavy (non-hydrogen) atoms. The first-order valence-corrected chi connectivity index (χ1v) is 10.8. The number of hydrogen-bond donors (Lipinski definition) is 0. The van der Waals surface area contributed by atoms with Crippen molar-refractivity contribution in [3.63, 3.8) is 0 Å². The number of nitrogens with zero attached hydrogens (tertiary/aromatic N) is 2. The Labute approximate surface area is 156 Å². The van der Waals surface area contributed by atoms with E-state index in [1.165, 1.54) is 12.8 Å². The normalized spacial score (nSPS) is 22.5. The predicted octanol–water partition coefficient (Wildman–Crippen LogP) is 3.51. The third-order valence-corrected chi connectivity index (χ3v) is 7.60. The lowest BCUT2D eigenvalue weighted by atomic mass is 10.0. The lowest BCUT2D eigenvalue weighted by molar-refractivity contribution is 0.128. The van der Waals surface area contributed by atoms with E-state index in [4.69, 9.17) is 0 Å². The van der Waals surface area contributed by atoms with Gasteiger partial charge in [-0.2, -0.15) is 4.31 Å². The molecule has 138 valence electrons. The maximum Gasteiger partial charge on any atom is 0.243 e. The Morgan fingerprint density at radius 3 is 2.35 bits per heavy atom. The highest BCUT2D eigenvalue weighted by Gasteiger charge is 2.41. The van der Waals surface area contributed by atoms with Gasteiger partial charge in [-0.15, -0.1) is 0 Å². The summed E-state index contributed by atoms with van der Waals surface area (Å²) in [4.78, 5) is 2.90. The summed E-state index contributed by atoms with van der Waals surface area (Å²) in [5.74, 6) is 0. The van der Waals surface area contributed by atoms with E-state index in [2.05, 4.69) is 4.90 Å². The van der Waals surface area contributed by atoms with Crippen LogP contribution < -0.4 is 0 Å². The molecule has 1 aliphatic heterocycles. The van der Waals surface area contributed by atoms with Gasteiger partial charge in [-0.3, -0.25) is 4.90 Å². The molecule has 2 aliphatic rings. The molecule has 5 heteroatoms. The molecule has 0 spiro atoms. The third-order valence-electron chi connectivity index (χ3n) is 5.53. The maximum atomic E-state index is 13.5. The second kappa shape index (κ2) is 6.80. The zero-order valence-electron chi connectivity index (χ0n) is 15.4. The van der Waals surface area contributed by atoms with Gasteiger partial charge < -0.3 is 0 Å². The smallest absolute Gasteiger partial charge is 0.243 e. The van der Waals surface area contributed by atoms with E-state index in [9.17, 15) is 8.42 Å². The van der Waals surface area contributed by atoms with Gasteiger partial charge in [0.05, 0.1) is 10.9 Å². The topological polar surface area (TPSA) is 40.6 Å². The average Bonchev–Trinajstić information content (AvgIpc) is 3.47. The first kappa shape index (κ1) is 17.7. The predicted molar refractivity (Wildman–Crippen MR) is 104 cm³/mol. The molecule has 2 fully saturated rings. The fourth-order valence-corrected chi connectivity index (χ4v) is 5.81. The van der Waals surface area contributed by atoms with Crippen LogP contribution in [-0.2, 0) is 10.0 Å². The first-order chi connectivity index (χ1) is 12.5. The van der Waals surface area contributed by atoms with Crippen LogP contribution in [-0.4, -0.2) is 43.3 Å². The van der Waals surface area contributed by atoms with E-state index < -0.39 is 10.0 Å². The molecule has 0 aromatic heterocycles. The van der Waals surface area contributed by atoms with Gasteiger partial charge in [-0.25, -0.2) is 8.42 Å². The molecule has 1 saturated carbocycles. The summed E-state index contributed by atoms with van der Waals surface area (Å²) in [5.41, 5.74) is 2.98. The number of aryl methyl sites for hydroxylation is 2. The van der Waals surface area contributed by atoms with Crippen LogP contribution in [0.1, 0.15) is 35.6 Å². The largest absolute Gasteiger partial charge is 0.297 e. The van der Waals surface area contributed by atoms with Crippen molar-refractivity contribution in [3.05, 3.63) is 65.2 Å². The van der Waals surface area contributed by atoms with Crippen molar-refractivity contribution in [1.29, 1.82) is 0 Å². The van der Waals surface area contributed by atoms with E-state index in [0.29, 0.717) is 17.5 Å². The first-order valence-electron chi connectivity index (χ1n) is 9.35. The summed E-state index contributed by atoms with van der Waals surface area (Å²) in [7, 11) is -3.53. The number of rotatable bonds is 4. The van der Waals surface area contributed by atoms with Gasteiger partial charge in [0.2, 0.25) is 10.0 Å². The minimum atomic E-state index is -3.53. The van der Waals surface area contributed by atoms with Crippen molar-refractivity contribution in [2.45, 2.75) is 43.7 Å². The minimum Gasteiger partial charge on any atom is -0.297 e. The van der Waals surface area contributed by atoms with Gasteiger partial charge in [0.15, 0.2) is 0 Å². The van der Waals surface area contributed by atoms with Crippen LogP contribution >= 0.6 is 0 Å². The van der Waals surface area contributed by atoms with Gasteiger partial charge in [0.1, 0.15) is 0 Å². The molecule has 1 aliphatic carbocycles. The van der Waals surface area contributed by atoms with Crippen LogP contribution in [0.15, 0.2) is 53.4 Å². The summed E-state index contributed by atoms with van der Waals surface area (Å²) >= 11 is 0. The zero-order chi connectivity index (χ0) is 18.3. The van der Waals surface area contributed by atoms with Crippen molar-refractivity contribution in [2.75, 3.05) is 19.6 Å². The Bertz CT molecular complexity index is 891. The molecular weight excluding hydrogens is 344 g/mol. The molecule has 0 bridgehead atoms. The van der Waals surface area contributed by atoms with Crippen LogP contribution in [0, 0.1) is 13.8 Å². The van der Waals surface area contributed by atoms with Gasteiger partial charge in [-0.05, 0) is 43.9 Å². The molecule has 1 heterocycles. The molecule has 2 aromatic carbocycles. The number of benzene rings is 2. The zero-order valence-corrected chi connectivity index (χ0v) is 16.2. The highest BCUT2D eigenvalue weighted by Crippen LogP contribution is 2.36. The quantitative estimate of drug-likeness (QED) is 0.827. The molecule has 4 nitrogen and oxygen atoms in total. The highest BCUT2D eigenvalue weighted by atomic mass is 32.2. The lowest BCUT2D eigenvalue weighted by Crippen LogP contribution is -2.51. The molecule has 0 N–H and O–H groups in total. The fourth-order valence-electron chi connectivity index (χ4n) is 4.01. The second-order valence-corrected chi connectivity index (χ2v) is 9.40. The molecular formula is C21H26N2O2S. The summed E-state index contributed by atoms with van der Waals surface area (Å²) < 4.78 is 28.7.